The third-order valence-corrected chi connectivity index (χ3v) is 5.75. The van der Waals surface area contributed by atoms with E-state index in [4.69, 9.17) is 0 Å². The quantitative estimate of drug-likeness (QED) is 0.315. The molecule has 0 aromatic rings. The van der Waals surface area contributed by atoms with Crippen LogP contribution < -0.4 is 15.4 Å². The number of sulfonamides is 1. The molecule has 0 aliphatic heterocycles. The summed E-state index contributed by atoms with van der Waals surface area (Å²) in [5, 5.41) is 6.43. The van der Waals surface area contributed by atoms with E-state index in [1.807, 2.05) is 0 Å². The zero-order chi connectivity index (χ0) is 15.1. The van der Waals surface area contributed by atoms with E-state index in [0.717, 1.165) is 12.8 Å². The minimum absolute atomic E-state index is 0. The van der Waals surface area contributed by atoms with Crippen LogP contribution >= 0.6 is 24.0 Å². The van der Waals surface area contributed by atoms with Crippen LogP contribution in [0.1, 0.15) is 44.9 Å². The molecule has 2 aliphatic carbocycles. The van der Waals surface area contributed by atoms with Crippen LogP contribution in [0.25, 0.3) is 0 Å². The number of rotatable bonds is 7. The maximum atomic E-state index is 11.9. The Morgan fingerprint density at radius 2 is 1.82 bits per heavy atom. The maximum Gasteiger partial charge on any atom is 0.213 e. The van der Waals surface area contributed by atoms with Crippen LogP contribution in [0.3, 0.4) is 0 Å². The van der Waals surface area contributed by atoms with Gasteiger partial charge in [-0.15, -0.1) is 24.0 Å². The van der Waals surface area contributed by atoms with E-state index in [1.54, 1.807) is 7.05 Å². The lowest BCUT2D eigenvalue weighted by molar-refractivity contribution is 0.316. The first-order chi connectivity index (χ1) is 10.1. The molecule has 8 heteroatoms. The number of aliphatic imine (C=N–C) groups is 1. The summed E-state index contributed by atoms with van der Waals surface area (Å²) in [6.07, 6.45) is 8.39. The molecule has 0 aromatic heterocycles. The molecule has 2 saturated carbocycles. The van der Waals surface area contributed by atoms with Crippen molar-refractivity contribution in [2.75, 3.05) is 25.9 Å². The number of guanidine groups is 1. The molecule has 0 unspecified atom stereocenters. The van der Waals surface area contributed by atoms with Crippen LogP contribution in [0.15, 0.2) is 4.99 Å². The Morgan fingerprint density at radius 3 is 2.36 bits per heavy atom. The zero-order valence-corrected chi connectivity index (χ0v) is 16.5. The van der Waals surface area contributed by atoms with Crippen molar-refractivity contribution < 1.29 is 8.42 Å². The molecule has 22 heavy (non-hydrogen) atoms. The Hall–Kier alpha value is -0.0900. The smallest absolute Gasteiger partial charge is 0.213 e. The van der Waals surface area contributed by atoms with Gasteiger partial charge in [0.25, 0.3) is 0 Å². The lowest BCUT2D eigenvalue weighted by atomic mass is 9.86. The summed E-state index contributed by atoms with van der Waals surface area (Å²) in [7, 11) is -1.46. The monoisotopic (exact) mass is 444 g/mol. The lowest BCUT2D eigenvalue weighted by Crippen LogP contribution is -2.45. The second-order valence-electron chi connectivity index (χ2n) is 6.09. The van der Waals surface area contributed by atoms with E-state index in [-0.39, 0.29) is 29.7 Å². The molecule has 0 aromatic carbocycles. The number of hydrogen-bond donors (Lipinski definition) is 3. The Kier molecular flexibility index (Phi) is 9.00. The fraction of sp³-hybridized carbons (Fsp3) is 0.929. The standard InChI is InChI=1S/C14H28N4O2S.HI/c1-15-14(18-13-7-2-3-8-13)16-9-10-21(19,20)17-11-12-5-4-6-12;/h12-13,17H,2-11H2,1H3,(H2,15,16,18);1H. The van der Waals surface area contributed by atoms with E-state index >= 15 is 0 Å². The van der Waals surface area contributed by atoms with Gasteiger partial charge in [0.1, 0.15) is 0 Å². The summed E-state index contributed by atoms with van der Waals surface area (Å²) in [4.78, 5) is 4.15. The second kappa shape index (κ2) is 9.92. The van der Waals surface area contributed by atoms with Gasteiger partial charge < -0.3 is 10.6 Å². The fourth-order valence-electron chi connectivity index (χ4n) is 2.78. The molecular formula is C14H29IN4O2S. The summed E-state index contributed by atoms with van der Waals surface area (Å²) in [5.74, 6) is 1.34. The van der Waals surface area contributed by atoms with Gasteiger partial charge in [-0.3, -0.25) is 4.99 Å². The number of nitrogens with zero attached hydrogens (tertiary/aromatic N) is 1. The van der Waals surface area contributed by atoms with E-state index in [2.05, 4.69) is 20.3 Å². The Labute approximate surface area is 151 Å². The summed E-state index contributed by atoms with van der Waals surface area (Å²) in [5.41, 5.74) is 0. The predicted octanol–water partition coefficient (Wildman–Crippen LogP) is 1.43. The molecule has 0 radical (unpaired) electrons. The molecule has 0 bridgehead atoms. The van der Waals surface area contributed by atoms with Gasteiger partial charge in [0.2, 0.25) is 10.0 Å². The van der Waals surface area contributed by atoms with E-state index in [9.17, 15) is 8.42 Å². The van der Waals surface area contributed by atoms with Crippen molar-refractivity contribution in [2.24, 2.45) is 10.9 Å². The SMILES string of the molecule is CN=C(NCCS(=O)(=O)NCC1CCC1)NC1CCCC1.I. The van der Waals surface area contributed by atoms with Gasteiger partial charge in [-0.1, -0.05) is 19.3 Å². The highest BCUT2D eigenvalue weighted by Crippen LogP contribution is 2.25. The van der Waals surface area contributed by atoms with Crippen molar-refractivity contribution >= 4 is 40.0 Å². The minimum Gasteiger partial charge on any atom is -0.355 e. The van der Waals surface area contributed by atoms with Crippen LogP contribution in [-0.4, -0.2) is 46.3 Å². The van der Waals surface area contributed by atoms with E-state index in [0.29, 0.717) is 31.0 Å². The largest absolute Gasteiger partial charge is 0.355 e. The number of halogens is 1. The maximum absolute atomic E-state index is 11.9. The second-order valence-corrected chi connectivity index (χ2v) is 8.02. The number of nitrogens with one attached hydrogen (secondary N) is 3. The summed E-state index contributed by atoms with van der Waals surface area (Å²) < 4.78 is 26.5. The summed E-state index contributed by atoms with van der Waals surface area (Å²) in [6.45, 7) is 0.976. The molecule has 2 rings (SSSR count). The predicted molar refractivity (Wildman–Crippen MR) is 101 cm³/mol. The molecule has 0 saturated heterocycles. The average Bonchev–Trinajstić information content (AvgIpc) is 2.88. The van der Waals surface area contributed by atoms with Crippen LogP contribution in [-0.2, 0) is 10.0 Å². The van der Waals surface area contributed by atoms with Gasteiger partial charge in [-0.2, -0.15) is 0 Å². The molecule has 0 atom stereocenters. The molecule has 0 amide bonds. The van der Waals surface area contributed by atoms with E-state index < -0.39 is 10.0 Å². The third kappa shape index (κ3) is 6.99. The average molecular weight is 444 g/mol. The zero-order valence-electron chi connectivity index (χ0n) is 13.3. The highest BCUT2D eigenvalue weighted by atomic mass is 127. The molecule has 3 N–H and O–H groups in total. The first-order valence-corrected chi connectivity index (χ1v) is 9.69. The van der Waals surface area contributed by atoms with Crippen molar-refractivity contribution in [1.82, 2.24) is 15.4 Å². The molecule has 0 spiro atoms. The van der Waals surface area contributed by atoms with Crippen molar-refractivity contribution in [3.63, 3.8) is 0 Å². The van der Waals surface area contributed by atoms with Gasteiger partial charge in [0, 0.05) is 26.2 Å². The van der Waals surface area contributed by atoms with Crippen LogP contribution in [0.5, 0.6) is 0 Å². The van der Waals surface area contributed by atoms with Crippen molar-refractivity contribution in [1.29, 1.82) is 0 Å². The lowest BCUT2D eigenvalue weighted by Gasteiger charge is -2.25. The highest BCUT2D eigenvalue weighted by molar-refractivity contribution is 14.0. The van der Waals surface area contributed by atoms with Crippen molar-refractivity contribution in [3.8, 4) is 0 Å². The van der Waals surface area contributed by atoms with Crippen LogP contribution in [0, 0.1) is 5.92 Å². The van der Waals surface area contributed by atoms with Crippen molar-refractivity contribution in [3.05, 3.63) is 0 Å². The molecular weight excluding hydrogens is 415 g/mol. The minimum atomic E-state index is -3.18. The van der Waals surface area contributed by atoms with Crippen LogP contribution in [0.2, 0.25) is 0 Å². The van der Waals surface area contributed by atoms with Gasteiger partial charge in [0.05, 0.1) is 5.75 Å². The Bertz CT molecular complexity index is 446. The number of hydrogen-bond acceptors (Lipinski definition) is 3. The van der Waals surface area contributed by atoms with Crippen molar-refractivity contribution in [2.45, 2.75) is 51.0 Å². The highest BCUT2D eigenvalue weighted by Gasteiger charge is 2.20. The first kappa shape index (κ1) is 20.0. The van der Waals surface area contributed by atoms with Gasteiger partial charge in [0.15, 0.2) is 5.96 Å². The fourth-order valence-corrected chi connectivity index (χ4v) is 3.78. The van der Waals surface area contributed by atoms with E-state index in [1.165, 1.54) is 32.1 Å². The molecule has 2 aliphatic rings. The van der Waals surface area contributed by atoms with Gasteiger partial charge in [-0.25, -0.2) is 13.1 Å². The molecule has 130 valence electrons. The molecule has 0 heterocycles. The topological polar surface area (TPSA) is 82.6 Å². The summed E-state index contributed by atoms with van der Waals surface area (Å²) in [6, 6.07) is 0.476. The van der Waals surface area contributed by atoms with Gasteiger partial charge in [-0.05, 0) is 31.6 Å². The molecule has 2 fully saturated rings. The summed E-state index contributed by atoms with van der Waals surface area (Å²) >= 11 is 0. The molecule has 6 nitrogen and oxygen atoms in total. The normalized spacial score (nSPS) is 20.3. The Balaban J connectivity index is 0.00000242. The van der Waals surface area contributed by atoms with Crippen LogP contribution in [0.4, 0.5) is 0 Å². The Morgan fingerprint density at radius 1 is 1.14 bits per heavy atom. The third-order valence-electron chi connectivity index (χ3n) is 4.40. The first-order valence-electron chi connectivity index (χ1n) is 8.03. The van der Waals surface area contributed by atoms with Gasteiger partial charge >= 0.3 is 0 Å².